The highest BCUT2D eigenvalue weighted by molar-refractivity contribution is 5.20. The molecule has 0 aliphatic rings. The zero-order chi connectivity index (χ0) is 15.1. The van der Waals surface area contributed by atoms with Gasteiger partial charge in [0.1, 0.15) is 5.75 Å². The third kappa shape index (κ3) is 8.21. The van der Waals surface area contributed by atoms with Gasteiger partial charge >= 0.3 is 0 Å². The zero-order valence-electron chi connectivity index (χ0n) is 13.8. The quantitative estimate of drug-likeness (QED) is 0.698. The second-order valence-corrected chi connectivity index (χ2v) is 7.36. The Bertz CT molecular complexity index is 365. The summed E-state index contributed by atoms with van der Waals surface area (Å²) >= 11 is 0. The number of para-hydroxylation sites is 1. The summed E-state index contributed by atoms with van der Waals surface area (Å²) in [5.41, 5.74) is 0.588. The molecule has 0 saturated heterocycles. The molecule has 0 aliphatic carbocycles. The maximum Gasteiger partial charge on any atom is 0.119 e. The van der Waals surface area contributed by atoms with Crippen molar-refractivity contribution in [3.8, 4) is 5.75 Å². The van der Waals surface area contributed by atoms with Crippen molar-refractivity contribution in [2.75, 3.05) is 13.2 Å². The van der Waals surface area contributed by atoms with Gasteiger partial charge in [-0.25, -0.2) is 0 Å². The molecule has 114 valence electrons. The van der Waals surface area contributed by atoms with Gasteiger partial charge in [-0.15, -0.1) is 0 Å². The van der Waals surface area contributed by atoms with Crippen LogP contribution in [-0.4, -0.2) is 18.7 Å². The minimum Gasteiger partial charge on any atom is -0.494 e. The molecular formula is C18H31NO. The van der Waals surface area contributed by atoms with E-state index in [2.05, 4.69) is 39.9 Å². The van der Waals surface area contributed by atoms with Gasteiger partial charge in [0.25, 0.3) is 0 Å². The average Bonchev–Trinajstić information content (AvgIpc) is 2.34. The van der Waals surface area contributed by atoms with Gasteiger partial charge in [0.15, 0.2) is 0 Å². The number of hydrogen-bond donors (Lipinski definition) is 1. The van der Waals surface area contributed by atoms with Crippen molar-refractivity contribution in [2.45, 2.75) is 59.4 Å². The topological polar surface area (TPSA) is 21.3 Å². The Morgan fingerprint density at radius 3 is 2.20 bits per heavy atom. The lowest BCUT2D eigenvalue weighted by atomic mass is 9.84. The third-order valence-corrected chi connectivity index (χ3v) is 3.47. The van der Waals surface area contributed by atoms with Crippen LogP contribution in [0.5, 0.6) is 5.75 Å². The molecule has 2 heteroatoms. The lowest BCUT2D eigenvalue weighted by Crippen LogP contribution is -2.37. The second kappa shape index (κ2) is 7.68. The third-order valence-electron chi connectivity index (χ3n) is 3.47. The smallest absolute Gasteiger partial charge is 0.119 e. The molecule has 0 saturated carbocycles. The van der Waals surface area contributed by atoms with E-state index in [1.807, 2.05) is 30.3 Å². The summed E-state index contributed by atoms with van der Waals surface area (Å²) in [5.74, 6) is 0.972. The first-order valence-electron chi connectivity index (χ1n) is 7.71. The predicted octanol–water partition coefficient (Wildman–Crippen LogP) is 4.65. The Kier molecular flexibility index (Phi) is 6.54. The molecule has 0 spiro atoms. The summed E-state index contributed by atoms with van der Waals surface area (Å²) in [4.78, 5) is 0. The van der Waals surface area contributed by atoms with E-state index in [9.17, 15) is 0 Å². The molecule has 0 heterocycles. The molecule has 0 aromatic heterocycles. The van der Waals surface area contributed by atoms with Crippen LogP contribution in [-0.2, 0) is 0 Å². The van der Waals surface area contributed by atoms with Crippen molar-refractivity contribution in [3.63, 3.8) is 0 Å². The van der Waals surface area contributed by atoms with E-state index in [4.69, 9.17) is 4.74 Å². The van der Waals surface area contributed by atoms with Crippen LogP contribution in [0.2, 0.25) is 0 Å². The molecule has 0 unspecified atom stereocenters. The van der Waals surface area contributed by atoms with E-state index in [-0.39, 0.29) is 5.54 Å². The predicted molar refractivity (Wildman–Crippen MR) is 87.3 cm³/mol. The largest absolute Gasteiger partial charge is 0.494 e. The van der Waals surface area contributed by atoms with Crippen LogP contribution in [0.25, 0.3) is 0 Å². The number of hydrogen-bond acceptors (Lipinski definition) is 2. The fourth-order valence-corrected chi connectivity index (χ4v) is 2.16. The Labute approximate surface area is 124 Å². The summed E-state index contributed by atoms with van der Waals surface area (Å²) in [7, 11) is 0. The van der Waals surface area contributed by atoms with E-state index >= 15 is 0 Å². The summed E-state index contributed by atoms with van der Waals surface area (Å²) in [6.45, 7) is 13.2. The zero-order valence-corrected chi connectivity index (χ0v) is 13.8. The maximum absolute atomic E-state index is 5.74. The Morgan fingerprint density at radius 2 is 1.60 bits per heavy atom. The lowest BCUT2D eigenvalue weighted by molar-refractivity contribution is 0.238. The van der Waals surface area contributed by atoms with E-state index in [0.29, 0.717) is 5.41 Å². The van der Waals surface area contributed by atoms with Crippen LogP contribution in [0, 0.1) is 5.41 Å². The minimum absolute atomic E-state index is 0.215. The van der Waals surface area contributed by atoms with Crippen molar-refractivity contribution in [3.05, 3.63) is 30.3 Å². The van der Waals surface area contributed by atoms with Crippen LogP contribution in [0.3, 0.4) is 0 Å². The van der Waals surface area contributed by atoms with Crippen LogP contribution in [0.1, 0.15) is 53.9 Å². The van der Waals surface area contributed by atoms with Gasteiger partial charge in [0.2, 0.25) is 0 Å². The molecule has 0 bridgehead atoms. The van der Waals surface area contributed by atoms with Gasteiger partial charge in [-0.3, -0.25) is 0 Å². The highest BCUT2D eigenvalue weighted by Crippen LogP contribution is 2.26. The Balaban J connectivity index is 2.16. The van der Waals surface area contributed by atoms with E-state index in [1.165, 1.54) is 12.8 Å². The molecule has 1 aromatic rings. The number of rotatable bonds is 8. The van der Waals surface area contributed by atoms with Gasteiger partial charge in [0.05, 0.1) is 6.61 Å². The fraction of sp³-hybridized carbons (Fsp3) is 0.667. The van der Waals surface area contributed by atoms with Crippen LogP contribution in [0.4, 0.5) is 0 Å². The van der Waals surface area contributed by atoms with Crippen LogP contribution >= 0.6 is 0 Å². The molecule has 2 nitrogen and oxygen atoms in total. The van der Waals surface area contributed by atoms with Gasteiger partial charge < -0.3 is 10.1 Å². The lowest BCUT2D eigenvalue weighted by Gasteiger charge is -2.28. The Hall–Kier alpha value is -1.02. The monoisotopic (exact) mass is 277 g/mol. The fourth-order valence-electron chi connectivity index (χ4n) is 2.16. The molecule has 0 fully saturated rings. The highest BCUT2D eigenvalue weighted by Gasteiger charge is 2.18. The molecule has 1 aromatic carbocycles. The molecule has 20 heavy (non-hydrogen) atoms. The summed E-state index contributed by atoms with van der Waals surface area (Å²) in [6.07, 6.45) is 3.51. The van der Waals surface area contributed by atoms with Crippen molar-refractivity contribution < 1.29 is 4.74 Å². The molecule has 0 atom stereocenters. The molecule has 0 aliphatic heterocycles. The summed E-state index contributed by atoms with van der Waals surface area (Å²) < 4.78 is 5.74. The SMILES string of the molecule is CC(C)(CCCOc1ccccc1)CCNC(C)(C)C. The average molecular weight is 277 g/mol. The normalized spacial score (nSPS) is 12.4. The first-order valence-corrected chi connectivity index (χ1v) is 7.71. The number of benzene rings is 1. The second-order valence-electron chi connectivity index (χ2n) is 7.36. The van der Waals surface area contributed by atoms with Gasteiger partial charge in [-0.05, 0) is 64.1 Å². The summed E-state index contributed by atoms with van der Waals surface area (Å²) in [5, 5.41) is 3.56. The van der Waals surface area contributed by atoms with Gasteiger partial charge in [0, 0.05) is 5.54 Å². The molecule has 0 amide bonds. The van der Waals surface area contributed by atoms with Crippen LogP contribution < -0.4 is 10.1 Å². The highest BCUT2D eigenvalue weighted by atomic mass is 16.5. The first-order chi connectivity index (χ1) is 9.29. The van der Waals surface area contributed by atoms with Crippen molar-refractivity contribution >= 4 is 0 Å². The van der Waals surface area contributed by atoms with Crippen molar-refractivity contribution in [2.24, 2.45) is 5.41 Å². The van der Waals surface area contributed by atoms with Crippen molar-refractivity contribution in [1.29, 1.82) is 0 Å². The van der Waals surface area contributed by atoms with E-state index in [1.54, 1.807) is 0 Å². The van der Waals surface area contributed by atoms with Gasteiger partial charge in [-0.1, -0.05) is 32.0 Å². The molecular weight excluding hydrogens is 246 g/mol. The Morgan fingerprint density at radius 1 is 0.950 bits per heavy atom. The maximum atomic E-state index is 5.74. The van der Waals surface area contributed by atoms with E-state index in [0.717, 1.165) is 25.3 Å². The van der Waals surface area contributed by atoms with Crippen molar-refractivity contribution in [1.82, 2.24) is 5.32 Å². The van der Waals surface area contributed by atoms with Crippen LogP contribution in [0.15, 0.2) is 30.3 Å². The standard InChI is InChI=1S/C18H31NO/c1-17(2,3)19-14-13-18(4,5)12-9-15-20-16-10-7-6-8-11-16/h6-8,10-11,19H,9,12-15H2,1-5H3. The minimum atomic E-state index is 0.215. The molecule has 0 radical (unpaired) electrons. The first kappa shape index (κ1) is 17.0. The molecule has 1 rings (SSSR count). The molecule has 1 N–H and O–H groups in total. The van der Waals surface area contributed by atoms with E-state index < -0.39 is 0 Å². The number of nitrogens with one attached hydrogen (secondary N) is 1. The van der Waals surface area contributed by atoms with Gasteiger partial charge in [-0.2, -0.15) is 0 Å². The summed E-state index contributed by atoms with van der Waals surface area (Å²) in [6, 6.07) is 10.1. The number of ether oxygens (including phenoxy) is 1.